The number of ether oxygens (including phenoxy) is 1. The Hall–Kier alpha value is -1.81. The average Bonchev–Trinajstić information content (AvgIpc) is 3.11. The standard InChI is InChI=1S/C17H23N3O/c1-14-5-6-15(2)20(14)17-8-7-16(13-18-17)21-12-11-19-9-3-4-10-19/h5-8,13H,3-4,9-12H2,1-2H3. The molecule has 112 valence electrons. The highest BCUT2D eigenvalue weighted by Gasteiger charge is 2.11. The minimum atomic E-state index is 0.739. The molecule has 0 N–H and O–H groups in total. The van der Waals surface area contributed by atoms with Crippen molar-refractivity contribution in [3.63, 3.8) is 0 Å². The number of nitrogens with zero attached hydrogens (tertiary/aromatic N) is 3. The summed E-state index contributed by atoms with van der Waals surface area (Å²) in [5, 5.41) is 0. The first kappa shape index (κ1) is 14.1. The quantitative estimate of drug-likeness (QED) is 0.846. The molecule has 1 fully saturated rings. The third-order valence-electron chi connectivity index (χ3n) is 4.10. The van der Waals surface area contributed by atoms with Gasteiger partial charge in [0.2, 0.25) is 0 Å². The Balaban J connectivity index is 1.59. The molecule has 1 aliphatic heterocycles. The summed E-state index contributed by atoms with van der Waals surface area (Å²) in [6, 6.07) is 8.24. The van der Waals surface area contributed by atoms with Crippen LogP contribution in [-0.4, -0.2) is 40.7 Å². The van der Waals surface area contributed by atoms with E-state index >= 15 is 0 Å². The van der Waals surface area contributed by atoms with Gasteiger partial charge in [-0.3, -0.25) is 4.90 Å². The highest BCUT2D eigenvalue weighted by Crippen LogP contribution is 2.17. The summed E-state index contributed by atoms with van der Waals surface area (Å²) in [6.45, 7) is 8.36. The second kappa shape index (κ2) is 6.31. The fourth-order valence-electron chi connectivity index (χ4n) is 2.92. The van der Waals surface area contributed by atoms with Gasteiger partial charge >= 0.3 is 0 Å². The van der Waals surface area contributed by atoms with Crippen LogP contribution in [0.4, 0.5) is 0 Å². The lowest BCUT2D eigenvalue weighted by Crippen LogP contribution is -2.25. The molecule has 0 amide bonds. The second-order valence-electron chi connectivity index (χ2n) is 5.70. The molecule has 0 spiro atoms. The Kier molecular flexibility index (Phi) is 4.25. The van der Waals surface area contributed by atoms with Gasteiger partial charge in [0.15, 0.2) is 0 Å². The number of likely N-dealkylation sites (tertiary alicyclic amines) is 1. The molecule has 21 heavy (non-hydrogen) atoms. The number of aromatic nitrogens is 2. The second-order valence-corrected chi connectivity index (χ2v) is 5.70. The summed E-state index contributed by atoms with van der Waals surface area (Å²) in [5.74, 6) is 1.79. The lowest BCUT2D eigenvalue weighted by molar-refractivity contribution is 0.237. The molecular formula is C17H23N3O. The summed E-state index contributed by atoms with van der Waals surface area (Å²) < 4.78 is 7.93. The first-order chi connectivity index (χ1) is 10.2. The fourth-order valence-corrected chi connectivity index (χ4v) is 2.92. The number of pyridine rings is 1. The van der Waals surface area contributed by atoms with E-state index in [4.69, 9.17) is 4.74 Å². The van der Waals surface area contributed by atoms with Crippen LogP contribution in [0.3, 0.4) is 0 Å². The van der Waals surface area contributed by atoms with Crippen LogP contribution in [0, 0.1) is 13.8 Å². The van der Waals surface area contributed by atoms with Gasteiger partial charge in [-0.05, 0) is 64.0 Å². The Bertz CT molecular complexity index is 563. The maximum atomic E-state index is 5.79. The van der Waals surface area contributed by atoms with Crippen molar-refractivity contribution in [1.82, 2.24) is 14.5 Å². The van der Waals surface area contributed by atoms with E-state index in [1.165, 1.54) is 37.3 Å². The van der Waals surface area contributed by atoms with E-state index < -0.39 is 0 Å². The van der Waals surface area contributed by atoms with Crippen LogP contribution >= 0.6 is 0 Å². The number of aryl methyl sites for hydroxylation is 2. The smallest absolute Gasteiger partial charge is 0.137 e. The van der Waals surface area contributed by atoms with Gasteiger partial charge in [0.05, 0.1) is 6.20 Å². The minimum Gasteiger partial charge on any atom is -0.491 e. The van der Waals surface area contributed by atoms with Crippen LogP contribution in [0.2, 0.25) is 0 Å². The summed E-state index contributed by atoms with van der Waals surface area (Å²) in [7, 11) is 0. The molecule has 0 bridgehead atoms. The normalized spacial score (nSPS) is 15.5. The molecule has 0 saturated carbocycles. The van der Waals surface area contributed by atoms with Gasteiger partial charge in [-0.15, -0.1) is 0 Å². The molecule has 1 aliphatic rings. The Morgan fingerprint density at radius 2 is 1.76 bits per heavy atom. The van der Waals surface area contributed by atoms with Crippen molar-refractivity contribution in [1.29, 1.82) is 0 Å². The van der Waals surface area contributed by atoms with Crippen molar-refractivity contribution < 1.29 is 4.74 Å². The molecular weight excluding hydrogens is 262 g/mol. The lowest BCUT2D eigenvalue weighted by Gasteiger charge is -2.15. The van der Waals surface area contributed by atoms with Crippen LogP contribution in [0.1, 0.15) is 24.2 Å². The van der Waals surface area contributed by atoms with Crippen molar-refractivity contribution in [3.8, 4) is 11.6 Å². The maximum absolute atomic E-state index is 5.79. The van der Waals surface area contributed by atoms with E-state index in [0.29, 0.717) is 0 Å². The van der Waals surface area contributed by atoms with E-state index in [9.17, 15) is 0 Å². The molecule has 2 aromatic rings. The van der Waals surface area contributed by atoms with Crippen LogP contribution in [0.5, 0.6) is 5.75 Å². The molecule has 0 aromatic carbocycles. The molecule has 3 heterocycles. The zero-order chi connectivity index (χ0) is 14.7. The van der Waals surface area contributed by atoms with Crippen LogP contribution in [-0.2, 0) is 0 Å². The predicted molar refractivity (Wildman–Crippen MR) is 84.2 cm³/mol. The van der Waals surface area contributed by atoms with E-state index in [1.807, 2.05) is 18.3 Å². The number of rotatable bonds is 5. The van der Waals surface area contributed by atoms with Gasteiger partial charge in [0.25, 0.3) is 0 Å². The molecule has 1 saturated heterocycles. The first-order valence-corrected chi connectivity index (χ1v) is 7.70. The van der Waals surface area contributed by atoms with Crippen molar-refractivity contribution in [2.75, 3.05) is 26.2 Å². The molecule has 4 heteroatoms. The SMILES string of the molecule is Cc1ccc(C)n1-c1ccc(OCCN2CCCC2)cn1. The summed E-state index contributed by atoms with van der Waals surface area (Å²) in [4.78, 5) is 6.97. The predicted octanol–water partition coefficient (Wildman–Crippen LogP) is 2.96. The van der Waals surface area contributed by atoms with E-state index in [1.54, 1.807) is 0 Å². The third-order valence-corrected chi connectivity index (χ3v) is 4.10. The van der Waals surface area contributed by atoms with Gasteiger partial charge in [0, 0.05) is 17.9 Å². The van der Waals surface area contributed by atoms with E-state index in [2.05, 4.69) is 40.4 Å². The zero-order valence-electron chi connectivity index (χ0n) is 12.9. The summed E-state index contributed by atoms with van der Waals surface area (Å²) in [6.07, 6.45) is 4.47. The maximum Gasteiger partial charge on any atom is 0.137 e. The van der Waals surface area contributed by atoms with E-state index in [0.717, 1.165) is 24.7 Å². The Labute approximate surface area is 126 Å². The van der Waals surface area contributed by atoms with Gasteiger partial charge in [-0.2, -0.15) is 0 Å². The topological polar surface area (TPSA) is 30.3 Å². The van der Waals surface area contributed by atoms with Crippen molar-refractivity contribution in [2.45, 2.75) is 26.7 Å². The number of hydrogen-bond donors (Lipinski definition) is 0. The van der Waals surface area contributed by atoms with Gasteiger partial charge in [-0.1, -0.05) is 0 Å². The highest BCUT2D eigenvalue weighted by molar-refractivity contribution is 5.34. The summed E-state index contributed by atoms with van der Waals surface area (Å²) >= 11 is 0. The average molecular weight is 285 g/mol. The first-order valence-electron chi connectivity index (χ1n) is 7.70. The molecule has 0 aliphatic carbocycles. The molecule has 0 unspecified atom stereocenters. The largest absolute Gasteiger partial charge is 0.491 e. The van der Waals surface area contributed by atoms with Crippen molar-refractivity contribution in [2.24, 2.45) is 0 Å². The van der Waals surface area contributed by atoms with Crippen LogP contribution < -0.4 is 4.74 Å². The molecule has 2 aromatic heterocycles. The lowest BCUT2D eigenvalue weighted by atomic mass is 10.4. The molecule has 0 radical (unpaired) electrons. The highest BCUT2D eigenvalue weighted by atomic mass is 16.5. The van der Waals surface area contributed by atoms with Crippen LogP contribution in [0.25, 0.3) is 5.82 Å². The van der Waals surface area contributed by atoms with Gasteiger partial charge in [0.1, 0.15) is 18.2 Å². The Morgan fingerprint density at radius 1 is 1.05 bits per heavy atom. The molecule has 4 nitrogen and oxygen atoms in total. The van der Waals surface area contributed by atoms with Gasteiger partial charge in [-0.25, -0.2) is 4.98 Å². The Morgan fingerprint density at radius 3 is 2.38 bits per heavy atom. The fraction of sp³-hybridized carbons (Fsp3) is 0.471. The monoisotopic (exact) mass is 285 g/mol. The minimum absolute atomic E-state index is 0.739. The van der Waals surface area contributed by atoms with Crippen molar-refractivity contribution >= 4 is 0 Å². The zero-order valence-corrected chi connectivity index (χ0v) is 12.9. The van der Waals surface area contributed by atoms with Crippen LogP contribution in [0.15, 0.2) is 30.5 Å². The van der Waals surface area contributed by atoms with Gasteiger partial charge < -0.3 is 9.30 Å². The third kappa shape index (κ3) is 3.27. The van der Waals surface area contributed by atoms with E-state index in [-0.39, 0.29) is 0 Å². The molecule has 3 rings (SSSR count). The summed E-state index contributed by atoms with van der Waals surface area (Å²) in [5.41, 5.74) is 2.39. The number of hydrogen-bond acceptors (Lipinski definition) is 3. The van der Waals surface area contributed by atoms with Crippen molar-refractivity contribution in [3.05, 3.63) is 41.9 Å². The molecule has 0 atom stereocenters.